The summed E-state index contributed by atoms with van der Waals surface area (Å²) in [5, 5.41) is 6.21. The Kier molecular flexibility index (Phi) is 2.69. The van der Waals surface area contributed by atoms with E-state index in [0.29, 0.717) is 6.61 Å². The molecular formula is C7H7F3N2O. The lowest BCUT2D eigenvalue weighted by Crippen LogP contribution is -2.09. The van der Waals surface area contributed by atoms with Crippen LogP contribution in [0.1, 0.15) is 12.6 Å². The third kappa shape index (κ3) is 2.57. The van der Waals surface area contributed by atoms with E-state index in [4.69, 9.17) is 4.74 Å². The Balaban J connectivity index is 2.81. The molecule has 3 nitrogen and oxygen atoms in total. The van der Waals surface area contributed by atoms with Crippen LogP contribution in [0.5, 0.6) is 5.88 Å². The lowest BCUT2D eigenvalue weighted by Gasteiger charge is -2.04. The molecule has 0 saturated carbocycles. The van der Waals surface area contributed by atoms with Crippen LogP contribution in [0.2, 0.25) is 0 Å². The van der Waals surface area contributed by atoms with Crippen molar-refractivity contribution in [3.63, 3.8) is 0 Å². The number of ether oxygens (including phenoxy) is 1. The average molecular weight is 192 g/mol. The van der Waals surface area contributed by atoms with Crippen LogP contribution in [0.3, 0.4) is 0 Å². The van der Waals surface area contributed by atoms with Gasteiger partial charge in [-0.1, -0.05) is 0 Å². The van der Waals surface area contributed by atoms with Gasteiger partial charge in [0.25, 0.3) is 0 Å². The normalized spacial score (nSPS) is 11.4. The molecule has 1 heterocycles. The third-order valence-electron chi connectivity index (χ3n) is 1.22. The number of halogens is 3. The first-order chi connectivity index (χ1) is 6.04. The third-order valence-corrected chi connectivity index (χ3v) is 1.22. The second-order valence-corrected chi connectivity index (χ2v) is 2.19. The Hall–Kier alpha value is -1.33. The molecule has 72 valence electrons. The molecule has 0 radical (unpaired) electrons. The first-order valence-corrected chi connectivity index (χ1v) is 3.57. The van der Waals surface area contributed by atoms with Crippen molar-refractivity contribution in [2.24, 2.45) is 0 Å². The summed E-state index contributed by atoms with van der Waals surface area (Å²) in [6, 6.07) is 1.97. The van der Waals surface area contributed by atoms with E-state index >= 15 is 0 Å². The summed E-state index contributed by atoms with van der Waals surface area (Å²) in [7, 11) is 0. The summed E-state index contributed by atoms with van der Waals surface area (Å²) >= 11 is 0. The first kappa shape index (κ1) is 9.76. The molecule has 0 bridgehead atoms. The molecule has 0 N–H and O–H groups in total. The molecule has 0 aliphatic rings. The van der Waals surface area contributed by atoms with Crippen LogP contribution < -0.4 is 4.74 Å². The number of aromatic nitrogens is 2. The molecule has 0 aromatic carbocycles. The van der Waals surface area contributed by atoms with Crippen molar-refractivity contribution in [2.45, 2.75) is 13.1 Å². The molecular weight excluding hydrogens is 185 g/mol. The fraction of sp³-hybridized carbons (Fsp3) is 0.429. The molecule has 1 rings (SSSR count). The molecule has 0 unspecified atom stereocenters. The zero-order valence-corrected chi connectivity index (χ0v) is 6.80. The first-order valence-electron chi connectivity index (χ1n) is 3.57. The van der Waals surface area contributed by atoms with E-state index in [1.807, 2.05) is 0 Å². The number of hydrogen-bond acceptors (Lipinski definition) is 3. The molecule has 1 aromatic heterocycles. The summed E-state index contributed by atoms with van der Waals surface area (Å²) in [5.74, 6) is 0.0931. The van der Waals surface area contributed by atoms with Gasteiger partial charge < -0.3 is 4.74 Å². The summed E-state index contributed by atoms with van der Waals surface area (Å²) in [4.78, 5) is 0. The van der Waals surface area contributed by atoms with Gasteiger partial charge in [0.2, 0.25) is 5.88 Å². The fourth-order valence-electron chi connectivity index (χ4n) is 0.696. The predicted octanol–water partition coefficient (Wildman–Crippen LogP) is 1.89. The van der Waals surface area contributed by atoms with Gasteiger partial charge in [0.1, 0.15) is 0 Å². The quantitative estimate of drug-likeness (QED) is 0.717. The Morgan fingerprint density at radius 3 is 2.38 bits per heavy atom. The highest BCUT2D eigenvalue weighted by Gasteiger charge is 2.32. The molecule has 0 aliphatic heterocycles. The van der Waals surface area contributed by atoms with Gasteiger partial charge in [0, 0.05) is 6.07 Å². The van der Waals surface area contributed by atoms with Crippen LogP contribution in [0.15, 0.2) is 12.1 Å². The smallest absolute Gasteiger partial charge is 0.435 e. The Bertz CT molecular complexity index is 270. The topological polar surface area (TPSA) is 35.0 Å². The number of nitrogens with zero attached hydrogens (tertiary/aromatic N) is 2. The molecule has 0 amide bonds. The number of rotatable bonds is 2. The second-order valence-electron chi connectivity index (χ2n) is 2.19. The summed E-state index contributed by atoms with van der Waals surface area (Å²) < 4.78 is 40.7. The molecule has 0 fully saturated rings. The van der Waals surface area contributed by atoms with E-state index in [9.17, 15) is 13.2 Å². The van der Waals surface area contributed by atoms with E-state index in [0.717, 1.165) is 12.1 Å². The fourth-order valence-corrected chi connectivity index (χ4v) is 0.696. The summed E-state index contributed by atoms with van der Waals surface area (Å²) in [6.45, 7) is 2.05. The van der Waals surface area contributed by atoms with Gasteiger partial charge in [0.05, 0.1) is 6.61 Å². The Labute approximate surface area is 72.5 Å². The predicted molar refractivity (Wildman–Crippen MR) is 38.2 cm³/mol. The van der Waals surface area contributed by atoms with Crippen LogP contribution in [0.25, 0.3) is 0 Å². The van der Waals surface area contributed by atoms with Crippen LogP contribution in [-0.2, 0) is 6.18 Å². The van der Waals surface area contributed by atoms with Gasteiger partial charge in [-0.05, 0) is 13.0 Å². The lowest BCUT2D eigenvalue weighted by molar-refractivity contribution is -0.141. The maximum Gasteiger partial charge on any atom is 0.435 e. The van der Waals surface area contributed by atoms with Gasteiger partial charge >= 0.3 is 6.18 Å². The molecule has 6 heteroatoms. The molecule has 0 saturated heterocycles. The van der Waals surface area contributed by atoms with E-state index < -0.39 is 11.9 Å². The maximum absolute atomic E-state index is 12.0. The molecule has 0 spiro atoms. The monoisotopic (exact) mass is 192 g/mol. The Morgan fingerprint density at radius 1 is 1.31 bits per heavy atom. The van der Waals surface area contributed by atoms with Crippen LogP contribution in [0, 0.1) is 0 Å². The SMILES string of the molecule is CCOc1ccc(C(F)(F)F)nn1. The van der Waals surface area contributed by atoms with Gasteiger partial charge in [-0.15, -0.1) is 10.2 Å². The zero-order valence-electron chi connectivity index (χ0n) is 6.80. The second kappa shape index (κ2) is 3.59. The van der Waals surface area contributed by atoms with E-state index in [2.05, 4.69) is 10.2 Å². The molecule has 1 aromatic rings. The molecule has 0 aliphatic carbocycles. The van der Waals surface area contributed by atoms with Crippen molar-refractivity contribution < 1.29 is 17.9 Å². The minimum Gasteiger partial charge on any atom is -0.477 e. The van der Waals surface area contributed by atoms with Crippen molar-refractivity contribution in [3.8, 4) is 5.88 Å². The number of alkyl halides is 3. The van der Waals surface area contributed by atoms with Crippen LogP contribution >= 0.6 is 0 Å². The van der Waals surface area contributed by atoms with Crippen molar-refractivity contribution >= 4 is 0 Å². The van der Waals surface area contributed by atoms with E-state index in [-0.39, 0.29) is 5.88 Å². The summed E-state index contributed by atoms with van der Waals surface area (Å²) in [5.41, 5.74) is -1.02. The van der Waals surface area contributed by atoms with Crippen LogP contribution in [0.4, 0.5) is 13.2 Å². The highest BCUT2D eigenvalue weighted by atomic mass is 19.4. The van der Waals surface area contributed by atoms with Crippen LogP contribution in [-0.4, -0.2) is 16.8 Å². The zero-order chi connectivity index (χ0) is 9.90. The van der Waals surface area contributed by atoms with Gasteiger partial charge in [-0.2, -0.15) is 13.2 Å². The number of hydrogen-bond donors (Lipinski definition) is 0. The lowest BCUT2D eigenvalue weighted by atomic mass is 10.4. The summed E-state index contributed by atoms with van der Waals surface area (Å²) in [6.07, 6.45) is -4.45. The van der Waals surface area contributed by atoms with E-state index in [1.165, 1.54) is 0 Å². The van der Waals surface area contributed by atoms with Gasteiger partial charge in [0.15, 0.2) is 5.69 Å². The van der Waals surface area contributed by atoms with Gasteiger partial charge in [-0.25, -0.2) is 0 Å². The Morgan fingerprint density at radius 2 is 2.00 bits per heavy atom. The maximum atomic E-state index is 12.0. The minimum atomic E-state index is -4.45. The molecule has 0 atom stereocenters. The minimum absolute atomic E-state index is 0.0931. The average Bonchev–Trinajstić information content (AvgIpc) is 2.04. The highest BCUT2D eigenvalue weighted by Crippen LogP contribution is 2.27. The standard InChI is InChI=1S/C7H7F3N2O/c1-2-13-6-4-3-5(11-12-6)7(8,9)10/h3-4H,2H2,1H3. The van der Waals surface area contributed by atoms with Crippen molar-refractivity contribution in [3.05, 3.63) is 17.8 Å². The molecule has 13 heavy (non-hydrogen) atoms. The van der Waals surface area contributed by atoms with Gasteiger partial charge in [-0.3, -0.25) is 0 Å². The van der Waals surface area contributed by atoms with E-state index in [1.54, 1.807) is 6.92 Å². The highest BCUT2D eigenvalue weighted by molar-refractivity contribution is 5.13. The largest absolute Gasteiger partial charge is 0.477 e. The van der Waals surface area contributed by atoms with Crippen molar-refractivity contribution in [2.75, 3.05) is 6.61 Å². The van der Waals surface area contributed by atoms with Crippen molar-refractivity contribution in [1.29, 1.82) is 0 Å². The van der Waals surface area contributed by atoms with Crippen molar-refractivity contribution in [1.82, 2.24) is 10.2 Å².